The summed E-state index contributed by atoms with van der Waals surface area (Å²) >= 11 is 0. The van der Waals surface area contributed by atoms with Crippen LogP contribution in [0.25, 0.3) is 0 Å². The van der Waals surface area contributed by atoms with Crippen molar-refractivity contribution in [1.82, 2.24) is 5.32 Å². The second-order valence-corrected chi connectivity index (χ2v) is 5.67. The van der Waals surface area contributed by atoms with Crippen molar-refractivity contribution in [2.45, 2.75) is 13.0 Å². The number of benzene rings is 2. The van der Waals surface area contributed by atoms with Gasteiger partial charge in [0, 0.05) is 11.6 Å². The number of ether oxygens (including phenoxy) is 4. The number of nitrogens with one attached hydrogen (secondary N) is 1. The first kappa shape index (κ1) is 20.3. The molecule has 0 saturated carbocycles. The minimum atomic E-state index is -0.807. The van der Waals surface area contributed by atoms with Crippen molar-refractivity contribution in [3.63, 3.8) is 0 Å². The Bertz CT molecular complexity index is 788. The van der Waals surface area contributed by atoms with E-state index in [0.29, 0.717) is 22.8 Å². The van der Waals surface area contributed by atoms with Gasteiger partial charge in [-0.05, 0) is 31.2 Å². The van der Waals surface area contributed by atoms with E-state index in [1.165, 1.54) is 39.5 Å². The molecular formula is C19H21F2NO5. The van der Waals surface area contributed by atoms with E-state index in [4.69, 9.17) is 18.9 Å². The van der Waals surface area contributed by atoms with Gasteiger partial charge in [-0.1, -0.05) is 0 Å². The summed E-state index contributed by atoms with van der Waals surface area (Å²) in [6.07, 6.45) is 0. The number of hydrogen-bond acceptors (Lipinski definition) is 5. The first-order chi connectivity index (χ1) is 12.9. The molecule has 0 heterocycles. The Labute approximate surface area is 156 Å². The molecule has 0 aliphatic carbocycles. The molecule has 0 aromatic heterocycles. The zero-order chi connectivity index (χ0) is 20.0. The molecule has 0 spiro atoms. The first-order valence-corrected chi connectivity index (χ1v) is 8.08. The van der Waals surface area contributed by atoms with Gasteiger partial charge in [0.1, 0.15) is 12.4 Å². The van der Waals surface area contributed by atoms with Gasteiger partial charge >= 0.3 is 0 Å². The van der Waals surface area contributed by atoms with Crippen molar-refractivity contribution in [1.29, 1.82) is 0 Å². The number of amides is 1. The SMILES string of the molecule is COc1cc(C(=O)NC(C)COc2ccc(F)cc2F)cc(OC)c1OC. The molecule has 2 rings (SSSR count). The highest BCUT2D eigenvalue weighted by atomic mass is 19.1. The van der Waals surface area contributed by atoms with Crippen molar-refractivity contribution >= 4 is 5.91 Å². The summed E-state index contributed by atoms with van der Waals surface area (Å²) in [5.74, 6) is -0.921. The molecule has 0 radical (unpaired) electrons. The van der Waals surface area contributed by atoms with E-state index in [-0.39, 0.29) is 12.4 Å². The molecule has 2 aromatic rings. The average Bonchev–Trinajstić information content (AvgIpc) is 2.65. The van der Waals surface area contributed by atoms with Crippen LogP contribution in [-0.2, 0) is 0 Å². The van der Waals surface area contributed by atoms with Crippen LogP contribution in [0.1, 0.15) is 17.3 Å². The van der Waals surface area contributed by atoms with Crippen LogP contribution in [0, 0.1) is 11.6 Å². The molecular weight excluding hydrogens is 360 g/mol. The Balaban J connectivity index is 2.05. The summed E-state index contributed by atoms with van der Waals surface area (Å²) in [5, 5.41) is 2.72. The van der Waals surface area contributed by atoms with Gasteiger partial charge in [-0.3, -0.25) is 4.79 Å². The highest BCUT2D eigenvalue weighted by Crippen LogP contribution is 2.38. The Morgan fingerprint density at radius 3 is 2.15 bits per heavy atom. The quantitative estimate of drug-likeness (QED) is 0.761. The Kier molecular flexibility index (Phi) is 6.81. The maximum absolute atomic E-state index is 13.6. The maximum atomic E-state index is 13.6. The van der Waals surface area contributed by atoms with Crippen LogP contribution in [0.5, 0.6) is 23.0 Å². The van der Waals surface area contributed by atoms with Crippen LogP contribution >= 0.6 is 0 Å². The lowest BCUT2D eigenvalue weighted by atomic mass is 10.1. The van der Waals surface area contributed by atoms with Gasteiger partial charge in [-0.25, -0.2) is 8.78 Å². The molecule has 0 bridgehead atoms. The Hall–Kier alpha value is -3.03. The van der Waals surface area contributed by atoms with Crippen molar-refractivity contribution < 1.29 is 32.5 Å². The largest absolute Gasteiger partial charge is 0.493 e. The van der Waals surface area contributed by atoms with Crippen molar-refractivity contribution in [2.24, 2.45) is 0 Å². The molecule has 8 heteroatoms. The monoisotopic (exact) mass is 381 g/mol. The molecule has 0 aliphatic heterocycles. The molecule has 1 atom stereocenters. The minimum absolute atomic E-state index is 0.00127. The van der Waals surface area contributed by atoms with Crippen molar-refractivity contribution in [3.8, 4) is 23.0 Å². The van der Waals surface area contributed by atoms with Gasteiger partial charge in [-0.2, -0.15) is 0 Å². The molecule has 2 aromatic carbocycles. The third kappa shape index (κ3) is 4.99. The maximum Gasteiger partial charge on any atom is 0.251 e. The molecule has 146 valence electrons. The molecule has 6 nitrogen and oxygen atoms in total. The third-order valence-electron chi connectivity index (χ3n) is 3.69. The normalized spacial score (nSPS) is 11.5. The number of rotatable bonds is 8. The van der Waals surface area contributed by atoms with E-state index in [1.54, 1.807) is 6.92 Å². The standard InChI is InChI=1S/C19H21F2NO5/c1-11(10-27-15-6-5-13(20)9-14(15)21)22-19(23)12-7-16(24-2)18(26-4)17(8-12)25-3/h5-9,11H,10H2,1-4H3,(H,22,23). The Morgan fingerprint density at radius 2 is 1.63 bits per heavy atom. The molecule has 1 unspecified atom stereocenters. The van der Waals surface area contributed by atoms with Gasteiger partial charge in [0.15, 0.2) is 23.1 Å². The predicted molar refractivity (Wildman–Crippen MR) is 94.9 cm³/mol. The fourth-order valence-electron chi connectivity index (χ4n) is 2.37. The highest BCUT2D eigenvalue weighted by molar-refractivity contribution is 5.95. The zero-order valence-corrected chi connectivity index (χ0v) is 15.5. The molecule has 0 saturated heterocycles. The van der Waals surface area contributed by atoms with Crippen molar-refractivity contribution in [3.05, 3.63) is 47.5 Å². The van der Waals surface area contributed by atoms with Crippen LogP contribution in [-0.4, -0.2) is 39.9 Å². The minimum Gasteiger partial charge on any atom is -0.493 e. The van der Waals surface area contributed by atoms with Gasteiger partial charge in [0.2, 0.25) is 5.75 Å². The third-order valence-corrected chi connectivity index (χ3v) is 3.69. The summed E-state index contributed by atoms with van der Waals surface area (Å²) in [5.41, 5.74) is 0.296. The molecule has 1 N–H and O–H groups in total. The molecule has 0 fully saturated rings. The van der Waals surface area contributed by atoms with Crippen LogP contribution in [0.15, 0.2) is 30.3 Å². The van der Waals surface area contributed by atoms with Gasteiger partial charge in [-0.15, -0.1) is 0 Å². The number of halogens is 2. The topological polar surface area (TPSA) is 66.0 Å². The predicted octanol–water partition coefficient (Wildman–Crippen LogP) is 3.19. The van der Waals surface area contributed by atoms with E-state index in [1.807, 2.05) is 0 Å². The number of methoxy groups -OCH3 is 3. The van der Waals surface area contributed by atoms with Gasteiger partial charge in [0.05, 0.1) is 27.4 Å². The van der Waals surface area contributed by atoms with Gasteiger partial charge in [0.25, 0.3) is 5.91 Å². The van der Waals surface area contributed by atoms with Gasteiger partial charge < -0.3 is 24.3 Å². The molecule has 1 amide bonds. The number of carbonyl (C=O) groups excluding carboxylic acids is 1. The second-order valence-electron chi connectivity index (χ2n) is 5.67. The number of carbonyl (C=O) groups is 1. The lowest BCUT2D eigenvalue weighted by Crippen LogP contribution is -2.36. The summed E-state index contributed by atoms with van der Waals surface area (Å²) in [6, 6.07) is 5.61. The fraction of sp³-hybridized carbons (Fsp3) is 0.316. The van der Waals surface area contributed by atoms with E-state index in [0.717, 1.165) is 12.1 Å². The lowest BCUT2D eigenvalue weighted by molar-refractivity contribution is 0.0925. The number of hydrogen-bond donors (Lipinski definition) is 1. The van der Waals surface area contributed by atoms with E-state index in [2.05, 4.69) is 5.32 Å². The van der Waals surface area contributed by atoms with E-state index in [9.17, 15) is 13.6 Å². The summed E-state index contributed by atoms with van der Waals surface area (Å²) < 4.78 is 47.4. The summed E-state index contributed by atoms with van der Waals surface area (Å²) in [7, 11) is 4.37. The second kappa shape index (κ2) is 9.07. The fourth-order valence-corrected chi connectivity index (χ4v) is 2.37. The van der Waals surface area contributed by atoms with Crippen LogP contribution in [0.4, 0.5) is 8.78 Å². The Morgan fingerprint density at radius 1 is 1.00 bits per heavy atom. The van der Waals surface area contributed by atoms with Crippen LogP contribution in [0.3, 0.4) is 0 Å². The highest BCUT2D eigenvalue weighted by Gasteiger charge is 2.18. The van der Waals surface area contributed by atoms with Crippen LogP contribution in [0.2, 0.25) is 0 Å². The lowest BCUT2D eigenvalue weighted by Gasteiger charge is -2.17. The summed E-state index contributed by atoms with van der Waals surface area (Å²) in [6.45, 7) is 1.69. The average molecular weight is 381 g/mol. The van der Waals surface area contributed by atoms with E-state index >= 15 is 0 Å². The zero-order valence-electron chi connectivity index (χ0n) is 15.5. The van der Waals surface area contributed by atoms with E-state index < -0.39 is 23.6 Å². The smallest absolute Gasteiger partial charge is 0.251 e. The van der Waals surface area contributed by atoms with Crippen molar-refractivity contribution in [2.75, 3.05) is 27.9 Å². The molecule has 27 heavy (non-hydrogen) atoms. The first-order valence-electron chi connectivity index (χ1n) is 8.08. The molecule has 0 aliphatic rings. The van der Waals surface area contributed by atoms with Crippen LogP contribution < -0.4 is 24.3 Å². The summed E-state index contributed by atoms with van der Waals surface area (Å²) in [4.78, 5) is 12.5.